The first kappa shape index (κ1) is 19.1. The molecular formula is C16H26N2O3. The lowest BCUT2D eigenvalue weighted by Gasteiger charge is -2.06. The van der Waals surface area contributed by atoms with Gasteiger partial charge in [-0.15, -0.1) is 0 Å². The Morgan fingerprint density at radius 2 is 2.24 bits per heavy atom. The molecule has 1 fully saturated rings. The predicted octanol–water partition coefficient (Wildman–Crippen LogP) is 1.88. The van der Waals surface area contributed by atoms with Crippen LogP contribution in [0.1, 0.15) is 26.7 Å². The molecule has 0 saturated carbocycles. The summed E-state index contributed by atoms with van der Waals surface area (Å²) in [5, 5.41) is 13.5. The molecule has 2 atom stereocenters. The fourth-order valence-electron chi connectivity index (χ4n) is 1.88. The molecule has 0 bridgehead atoms. The van der Waals surface area contributed by atoms with Crippen LogP contribution in [0.4, 0.5) is 0 Å². The topological polar surface area (TPSA) is 78.4 Å². The van der Waals surface area contributed by atoms with Gasteiger partial charge in [-0.2, -0.15) is 0 Å². The summed E-state index contributed by atoms with van der Waals surface area (Å²) in [6, 6.07) is -0.785. The first-order chi connectivity index (χ1) is 10.0. The van der Waals surface area contributed by atoms with Crippen LogP contribution in [0.15, 0.2) is 36.5 Å². The molecule has 1 aliphatic heterocycles. The number of aliphatic carboxylic acids is 1. The number of carboxylic acids is 1. The Morgan fingerprint density at radius 1 is 1.52 bits per heavy atom. The van der Waals surface area contributed by atoms with Crippen molar-refractivity contribution >= 4 is 12.4 Å². The first-order valence-electron chi connectivity index (χ1n) is 7.09. The van der Waals surface area contributed by atoms with Crippen LogP contribution in [0.5, 0.6) is 0 Å². The van der Waals surface area contributed by atoms with Crippen molar-refractivity contribution in [2.45, 2.75) is 32.7 Å². The quantitative estimate of drug-likeness (QED) is 0.495. The summed E-state index contributed by atoms with van der Waals surface area (Å²) in [5.74, 6) is -0.175. The molecule has 21 heavy (non-hydrogen) atoms. The van der Waals surface area contributed by atoms with E-state index in [1.54, 1.807) is 6.08 Å². The highest BCUT2D eigenvalue weighted by Gasteiger charge is 2.13. The van der Waals surface area contributed by atoms with Gasteiger partial charge < -0.3 is 15.7 Å². The number of carbonyl (C=O) groups is 2. The summed E-state index contributed by atoms with van der Waals surface area (Å²) in [6.07, 6.45) is 10.9. The average Bonchev–Trinajstić information content (AvgIpc) is 2.93. The maximum atomic E-state index is 9.87. The fraction of sp³-hybridized carbons (Fsp3) is 0.500. The molecule has 0 aromatic carbocycles. The molecule has 0 aromatic heterocycles. The summed E-state index contributed by atoms with van der Waals surface area (Å²) < 4.78 is 0. The van der Waals surface area contributed by atoms with Crippen molar-refractivity contribution in [3.63, 3.8) is 0 Å². The molecule has 118 valence electrons. The molecule has 2 unspecified atom stereocenters. The molecule has 1 aliphatic rings. The minimum Gasteiger partial charge on any atom is -0.480 e. The number of allylic oxidation sites excluding steroid dienone is 5. The van der Waals surface area contributed by atoms with E-state index in [4.69, 9.17) is 5.11 Å². The van der Waals surface area contributed by atoms with Crippen molar-refractivity contribution in [2.24, 2.45) is 5.92 Å². The van der Waals surface area contributed by atoms with Crippen LogP contribution >= 0.6 is 0 Å². The zero-order chi connectivity index (χ0) is 16.1. The van der Waals surface area contributed by atoms with E-state index in [1.165, 1.54) is 38.4 Å². The molecule has 0 spiro atoms. The van der Waals surface area contributed by atoms with E-state index < -0.39 is 12.0 Å². The van der Waals surface area contributed by atoms with Crippen LogP contribution < -0.4 is 10.6 Å². The molecule has 3 N–H and O–H groups in total. The summed E-state index contributed by atoms with van der Waals surface area (Å²) >= 11 is 0. The Kier molecular flexibility index (Phi) is 10.8. The third-order valence-electron chi connectivity index (χ3n) is 3.09. The lowest BCUT2D eigenvalue weighted by Crippen LogP contribution is -2.32. The van der Waals surface area contributed by atoms with Crippen LogP contribution in [0, 0.1) is 5.92 Å². The minimum absolute atomic E-state index is 0.360. The maximum Gasteiger partial charge on any atom is 0.325 e. The van der Waals surface area contributed by atoms with Crippen LogP contribution in [0.2, 0.25) is 0 Å². The highest BCUT2D eigenvalue weighted by molar-refractivity contribution is 5.75. The normalized spacial score (nSPS) is 19.5. The van der Waals surface area contributed by atoms with Crippen LogP contribution in [-0.2, 0) is 9.59 Å². The number of hydrogen-bond acceptors (Lipinski definition) is 3. The zero-order valence-electron chi connectivity index (χ0n) is 12.8. The number of rotatable bonds is 7. The Hall–Kier alpha value is -1.88. The van der Waals surface area contributed by atoms with E-state index in [9.17, 15) is 9.59 Å². The molecule has 5 nitrogen and oxygen atoms in total. The van der Waals surface area contributed by atoms with Gasteiger partial charge >= 0.3 is 5.97 Å². The monoisotopic (exact) mass is 294 g/mol. The number of nitrogens with one attached hydrogen (secondary N) is 2. The smallest absolute Gasteiger partial charge is 0.325 e. The van der Waals surface area contributed by atoms with Gasteiger partial charge in [0.2, 0.25) is 6.41 Å². The van der Waals surface area contributed by atoms with Crippen molar-refractivity contribution < 1.29 is 14.7 Å². The number of hydrogen-bond donors (Lipinski definition) is 3. The Balaban J connectivity index is 0.000000433. The van der Waals surface area contributed by atoms with Gasteiger partial charge in [0.1, 0.15) is 6.04 Å². The van der Waals surface area contributed by atoms with Crippen molar-refractivity contribution in [1.29, 1.82) is 0 Å². The summed E-state index contributed by atoms with van der Waals surface area (Å²) in [6.45, 7) is 9.61. The van der Waals surface area contributed by atoms with Gasteiger partial charge in [-0.25, -0.2) is 0 Å². The van der Waals surface area contributed by atoms with E-state index in [2.05, 4.69) is 36.3 Å². The van der Waals surface area contributed by atoms with Crippen LogP contribution in [-0.4, -0.2) is 36.6 Å². The lowest BCUT2D eigenvalue weighted by atomic mass is 9.99. The summed E-state index contributed by atoms with van der Waals surface area (Å²) in [5.41, 5.74) is 1.46. The summed E-state index contributed by atoms with van der Waals surface area (Å²) in [4.78, 5) is 19.4. The van der Waals surface area contributed by atoms with E-state index >= 15 is 0 Å². The van der Waals surface area contributed by atoms with Crippen molar-refractivity contribution in [3.05, 3.63) is 36.5 Å². The SMILES string of the molecule is C=C/C=C\C=C(/C)CC1CCNC1.CC(NC=O)C(=O)O. The average molecular weight is 294 g/mol. The molecule has 0 aliphatic carbocycles. The standard InChI is InChI=1S/C12H19N.C4H7NO3/c1-3-4-5-6-11(2)9-12-7-8-13-10-12;1-3(4(7)8)5-2-6/h3-6,12-13H,1,7-10H2,2H3;2-3H,1H3,(H,5,6)(H,7,8)/b5-4-,11-6+;. The van der Waals surface area contributed by atoms with E-state index in [-0.39, 0.29) is 0 Å². The maximum absolute atomic E-state index is 9.87. The number of amides is 1. The second-order valence-corrected chi connectivity index (χ2v) is 5.04. The van der Waals surface area contributed by atoms with Crippen molar-refractivity contribution in [2.75, 3.05) is 13.1 Å². The van der Waals surface area contributed by atoms with Gasteiger partial charge in [0.25, 0.3) is 0 Å². The van der Waals surface area contributed by atoms with Gasteiger partial charge in [0.05, 0.1) is 0 Å². The zero-order valence-corrected chi connectivity index (χ0v) is 12.8. The van der Waals surface area contributed by atoms with Gasteiger partial charge in [-0.1, -0.05) is 36.5 Å². The molecule has 1 rings (SSSR count). The van der Waals surface area contributed by atoms with Crippen molar-refractivity contribution in [1.82, 2.24) is 10.6 Å². The number of carboxylic acid groups (broad SMARTS) is 1. The largest absolute Gasteiger partial charge is 0.480 e. The molecule has 1 amide bonds. The molecular weight excluding hydrogens is 268 g/mol. The second kappa shape index (κ2) is 11.9. The van der Waals surface area contributed by atoms with Gasteiger partial charge in [0.15, 0.2) is 0 Å². The van der Waals surface area contributed by atoms with Gasteiger partial charge in [-0.05, 0) is 45.7 Å². The van der Waals surface area contributed by atoms with E-state index in [0.29, 0.717) is 6.41 Å². The first-order valence-corrected chi connectivity index (χ1v) is 7.09. The minimum atomic E-state index is -1.03. The highest BCUT2D eigenvalue weighted by atomic mass is 16.4. The second-order valence-electron chi connectivity index (χ2n) is 5.04. The molecule has 0 aromatic rings. The van der Waals surface area contributed by atoms with Crippen LogP contribution in [0.25, 0.3) is 0 Å². The Bertz CT molecular complexity index is 383. The highest BCUT2D eigenvalue weighted by Crippen LogP contribution is 2.17. The molecule has 5 heteroatoms. The Morgan fingerprint density at radius 3 is 2.67 bits per heavy atom. The Labute approximate surface area is 126 Å². The third kappa shape index (κ3) is 10.6. The van der Waals surface area contributed by atoms with Crippen molar-refractivity contribution in [3.8, 4) is 0 Å². The van der Waals surface area contributed by atoms with E-state index in [1.807, 2.05) is 6.08 Å². The van der Waals surface area contributed by atoms with Gasteiger partial charge in [0, 0.05) is 0 Å². The van der Waals surface area contributed by atoms with Crippen LogP contribution in [0.3, 0.4) is 0 Å². The fourth-order valence-corrected chi connectivity index (χ4v) is 1.88. The molecule has 0 radical (unpaired) electrons. The molecule has 1 saturated heterocycles. The third-order valence-corrected chi connectivity index (χ3v) is 3.09. The predicted molar refractivity (Wildman–Crippen MR) is 85.0 cm³/mol. The summed E-state index contributed by atoms with van der Waals surface area (Å²) in [7, 11) is 0. The lowest BCUT2D eigenvalue weighted by molar-refractivity contribution is -0.140. The molecule has 1 heterocycles. The van der Waals surface area contributed by atoms with E-state index in [0.717, 1.165) is 5.92 Å². The number of carbonyl (C=O) groups excluding carboxylic acids is 1. The van der Waals surface area contributed by atoms with Gasteiger partial charge in [-0.3, -0.25) is 9.59 Å².